The molecule has 0 heterocycles. The molecule has 4 nitrogen and oxygen atoms in total. The Bertz CT molecular complexity index is 450. The number of carbonyl (C=O) groups is 1. The number of Topliss-reactive ketones (excluding diaryl/α,β-unsaturated/α-hetero) is 1. The third-order valence-electron chi connectivity index (χ3n) is 3.61. The van der Waals surface area contributed by atoms with Gasteiger partial charge in [0.25, 0.3) is 5.69 Å². The predicted octanol–water partition coefficient (Wildman–Crippen LogP) is 3.29. The van der Waals surface area contributed by atoms with Crippen molar-refractivity contribution in [2.75, 3.05) is 0 Å². The van der Waals surface area contributed by atoms with Crippen molar-refractivity contribution in [2.24, 2.45) is 5.92 Å². The summed E-state index contributed by atoms with van der Waals surface area (Å²) < 4.78 is 0. The summed E-state index contributed by atoms with van der Waals surface area (Å²) >= 11 is 0. The van der Waals surface area contributed by atoms with E-state index in [4.69, 9.17) is 0 Å². The molecule has 1 aliphatic rings. The number of nitrogens with zero attached hydrogens (tertiary/aromatic N) is 1. The van der Waals surface area contributed by atoms with Gasteiger partial charge in [0.05, 0.1) is 4.92 Å². The first-order valence-electron chi connectivity index (χ1n) is 6.43. The highest BCUT2D eigenvalue weighted by molar-refractivity contribution is 5.84. The fourth-order valence-corrected chi connectivity index (χ4v) is 2.60. The molecule has 1 aromatic carbocycles. The second kappa shape index (κ2) is 5.76. The van der Waals surface area contributed by atoms with Gasteiger partial charge in [-0.05, 0) is 12.8 Å². The lowest BCUT2D eigenvalue weighted by Gasteiger charge is -2.20. The van der Waals surface area contributed by atoms with Crippen LogP contribution in [0.2, 0.25) is 0 Å². The van der Waals surface area contributed by atoms with E-state index in [0.29, 0.717) is 5.56 Å². The van der Waals surface area contributed by atoms with Gasteiger partial charge >= 0.3 is 0 Å². The first-order valence-corrected chi connectivity index (χ1v) is 6.43. The molecule has 0 N–H and O–H groups in total. The first-order chi connectivity index (χ1) is 8.68. The van der Waals surface area contributed by atoms with Crippen LogP contribution < -0.4 is 0 Å². The Morgan fingerprint density at radius 2 is 1.89 bits per heavy atom. The summed E-state index contributed by atoms with van der Waals surface area (Å²) in [6.07, 6.45) is 5.50. The zero-order valence-corrected chi connectivity index (χ0v) is 10.3. The van der Waals surface area contributed by atoms with E-state index in [1.165, 1.54) is 12.5 Å². The Balaban J connectivity index is 2.08. The minimum Gasteiger partial charge on any atom is -0.299 e. The highest BCUT2D eigenvalue weighted by Crippen LogP contribution is 2.27. The Kier molecular flexibility index (Phi) is 4.07. The van der Waals surface area contributed by atoms with Crippen molar-refractivity contribution in [3.8, 4) is 0 Å². The number of para-hydroxylation sites is 1. The molecule has 0 radical (unpaired) electrons. The van der Waals surface area contributed by atoms with Crippen molar-refractivity contribution >= 4 is 11.5 Å². The van der Waals surface area contributed by atoms with Crippen LogP contribution in [0, 0.1) is 16.0 Å². The molecule has 18 heavy (non-hydrogen) atoms. The van der Waals surface area contributed by atoms with Gasteiger partial charge in [0.2, 0.25) is 0 Å². The van der Waals surface area contributed by atoms with Gasteiger partial charge in [-0.2, -0.15) is 0 Å². The molecule has 0 saturated heterocycles. The largest absolute Gasteiger partial charge is 0.299 e. The van der Waals surface area contributed by atoms with Crippen molar-refractivity contribution < 1.29 is 9.72 Å². The second-order valence-corrected chi connectivity index (χ2v) is 4.86. The van der Waals surface area contributed by atoms with Gasteiger partial charge in [-0.25, -0.2) is 0 Å². The number of nitro benzene ring substituents is 1. The number of hydrogen-bond donors (Lipinski definition) is 0. The normalized spacial score (nSPS) is 16.4. The lowest BCUT2D eigenvalue weighted by atomic mass is 9.84. The maximum atomic E-state index is 12.1. The van der Waals surface area contributed by atoms with Crippen molar-refractivity contribution in [1.82, 2.24) is 0 Å². The molecular weight excluding hydrogens is 230 g/mol. The highest BCUT2D eigenvalue weighted by atomic mass is 16.6. The molecule has 0 aromatic heterocycles. The molecule has 1 saturated carbocycles. The van der Waals surface area contributed by atoms with Crippen LogP contribution >= 0.6 is 0 Å². The van der Waals surface area contributed by atoms with Crippen LogP contribution in [0.15, 0.2) is 24.3 Å². The molecule has 0 unspecified atom stereocenters. The van der Waals surface area contributed by atoms with Crippen molar-refractivity contribution in [1.29, 1.82) is 0 Å². The average Bonchev–Trinajstić information content (AvgIpc) is 2.40. The van der Waals surface area contributed by atoms with Gasteiger partial charge in [0.1, 0.15) is 5.78 Å². The standard InChI is InChI=1S/C14H17NO3/c16-14(11-6-2-1-3-7-11)10-12-8-4-5-9-13(12)15(17)18/h4-5,8-9,11H,1-3,6-7,10H2. The number of hydrogen-bond acceptors (Lipinski definition) is 3. The molecule has 0 aliphatic heterocycles. The van der Waals surface area contributed by atoms with Crippen LogP contribution in [0.25, 0.3) is 0 Å². The summed E-state index contributed by atoms with van der Waals surface area (Å²) in [6, 6.07) is 6.52. The molecule has 96 valence electrons. The number of ketones is 1. The van der Waals surface area contributed by atoms with E-state index in [0.717, 1.165) is 25.7 Å². The zero-order chi connectivity index (χ0) is 13.0. The van der Waals surface area contributed by atoms with Crippen LogP contribution in [0.4, 0.5) is 5.69 Å². The van der Waals surface area contributed by atoms with Crippen LogP contribution in [0.3, 0.4) is 0 Å². The van der Waals surface area contributed by atoms with Gasteiger partial charge in [-0.1, -0.05) is 37.5 Å². The molecule has 1 aliphatic carbocycles. The Morgan fingerprint density at radius 1 is 1.22 bits per heavy atom. The molecule has 0 amide bonds. The number of rotatable bonds is 4. The van der Waals surface area contributed by atoms with E-state index in [-0.39, 0.29) is 23.8 Å². The van der Waals surface area contributed by atoms with Gasteiger partial charge < -0.3 is 0 Å². The number of nitro groups is 1. The van der Waals surface area contributed by atoms with Gasteiger partial charge in [-0.15, -0.1) is 0 Å². The molecule has 0 bridgehead atoms. The van der Waals surface area contributed by atoms with Crippen LogP contribution in [0.1, 0.15) is 37.7 Å². The lowest BCUT2D eigenvalue weighted by molar-refractivity contribution is -0.385. The molecule has 1 aromatic rings. The van der Waals surface area contributed by atoms with Gasteiger partial charge in [-0.3, -0.25) is 14.9 Å². The van der Waals surface area contributed by atoms with E-state index in [1.807, 2.05) is 0 Å². The van der Waals surface area contributed by atoms with Crippen molar-refractivity contribution in [3.63, 3.8) is 0 Å². The molecular formula is C14H17NO3. The number of carbonyl (C=O) groups excluding carboxylic acids is 1. The minimum absolute atomic E-state index is 0.0571. The number of benzene rings is 1. The fourth-order valence-electron chi connectivity index (χ4n) is 2.60. The van der Waals surface area contributed by atoms with Crippen LogP contribution in [-0.2, 0) is 11.2 Å². The Labute approximate surface area is 106 Å². The Morgan fingerprint density at radius 3 is 2.56 bits per heavy atom. The fraction of sp³-hybridized carbons (Fsp3) is 0.500. The average molecular weight is 247 g/mol. The first kappa shape index (κ1) is 12.7. The summed E-state index contributed by atoms with van der Waals surface area (Å²) in [5.41, 5.74) is 0.597. The quantitative estimate of drug-likeness (QED) is 0.606. The Hall–Kier alpha value is -1.71. The second-order valence-electron chi connectivity index (χ2n) is 4.86. The zero-order valence-electron chi connectivity index (χ0n) is 10.3. The summed E-state index contributed by atoms with van der Waals surface area (Å²) in [6.45, 7) is 0. The summed E-state index contributed by atoms with van der Waals surface area (Å²) in [5.74, 6) is 0.266. The smallest absolute Gasteiger partial charge is 0.273 e. The van der Waals surface area contributed by atoms with Gasteiger partial charge in [0, 0.05) is 24.0 Å². The van der Waals surface area contributed by atoms with E-state index in [1.54, 1.807) is 18.2 Å². The van der Waals surface area contributed by atoms with E-state index in [2.05, 4.69) is 0 Å². The monoisotopic (exact) mass is 247 g/mol. The summed E-state index contributed by atoms with van der Waals surface area (Å²) in [4.78, 5) is 22.6. The highest BCUT2D eigenvalue weighted by Gasteiger charge is 2.23. The third kappa shape index (κ3) is 2.94. The lowest BCUT2D eigenvalue weighted by Crippen LogP contribution is -2.19. The predicted molar refractivity (Wildman–Crippen MR) is 68.4 cm³/mol. The molecule has 0 spiro atoms. The maximum Gasteiger partial charge on any atom is 0.273 e. The van der Waals surface area contributed by atoms with Crippen LogP contribution in [-0.4, -0.2) is 10.7 Å². The maximum absolute atomic E-state index is 12.1. The van der Waals surface area contributed by atoms with E-state index < -0.39 is 4.92 Å². The summed E-state index contributed by atoms with van der Waals surface area (Å²) in [7, 11) is 0. The van der Waals surface area contributed by atoms with E-state index >= 15 is 0 Å². The SMILES string of the molecule is O=C(Cc1ccccc1[N+](=O)[O-])C1CCCCC1. The van der Waals surface area contributed by atoms with Gasteiger partial charge in [0.15, 0.2) is 0 Å². The topological polar surface area (TPSA) is 60.2 Å². The van der Waals surface area contributed by atoms with E-state index in [9.17, 15) is 14.9 Å². The van der Waals surface area contributed by atoms with Crippen molar-refractivity contribution in [2.45, 2.75) is 38.5 Å². The third-order valence-corrected chi connectivity index (χ3v) is 3.61. The molecule has 0 atom stereocenters. The molecule has 2 rings (SSSR count). The molecule has 4 heteroatoms. The van der Waals surface area contributed by atoms with Crippen LogP contribution in [0.5, 0.6) is 0 Å². The van der Waals surface area contributed by atoms with Crippen molar-refractivity contribution in [3.05, 3.63) is 39.9 Å². The molecule has 1 fully saturated rings. The summed E-state index contributed by atoms with van der Waals surface area (Å²) in [5, 5.41) is 10.9. The minimum atomic E-state index is -0.413.